The largest absolute Gasteiger partial charge is 0.466 e. The van der Waals surface area contributed by atoms with Crippen molar-refractivity contribution in [2.75, 3.05) is 0 Å². The molecule has 0 amide bonds. The second kappa shape index (κ2) is 6.63. The SMILES string of the molecule is O=S(=O)(NCc1ccc(C(O)c2ccco2)s1)c1cccnc1. The third-order valence-electron chi connectivity index (χ3n) is 3.15. The van der Waals surface area contributed by atoms with Crippen molar-refractivity contribution in [2.24, 2.45) is 0 Å². The smallest absolute Gasteiger partial charge is 0.242 e. The molecule has 0 radical (unpaired) electrons. The Kier molecular flexibility index (Phi) is 4.58. The quantitative estimate of drug-likeness (QED) is 0.712. The van der Waals surface area contributed by atoms with Crippen LogP contribution in [0, 0.1) is 0 Å². The minimum Gasteiger partial charge on any atom is -0.466 e. The Morgan fingerprint density at radius 3 is 2.83 bits per heavy atom. The molecule has 23 heavy (non-hydrogen) atoms. The van der Waals surface area contributed by atoms with Gasteiger partial charge in [-0.05, 0) is 36.4 Å². The summed E-state index contributed by atoms with van der Waals surface area (Å²) in [6, 6.07) is 9.97. The molecule has 0 aliphatic rings. The Balaban J connectivity index is 1.68. The van der Waals surface area contributed by atoms with Crippen molar-refractivity contribution in [1.29, 1.82) is 0 Å². The fourth-order valence-corrected chi connectivity index (χ4v) is 3.99. The zero-order valence-corrected chi connectivity index (χ0v) is 13.5. The standard InChI is InChI=1S/C15H14N2O4S2/c18-15(13-4-2-8-21-13)14-6-5-11(22-14)9-17-23(19,20)12-3-1-7-16-10-12/h1-8,10,15,17-18H,9H2. The molecule has 0 spiro atoms. The van der Waals surface area contributed by atoms with Crippen molar-refractivity contribution in [3.05, 3.63) is 70.6 Å². The average Bonchev–Trinajstić information content (AvgIpc) is 3.25. The molecule has 1 unspecified atom stereocenters. The molecule has 0 bridgehead atoms. The topological polar surface area (TPSA) is 92.4 Å². The van der Waals surface area contributed by atoms with Crippen LogP contribution in [0.5, 0.6) is 0 Å². The number of aromatic nitrogens is 1. The van der Waals surface area contributed by atoms with E-state index >= 15 is 0 Å². The van der Waals surface area contributed by atoms with Crippen molar-refractivity contribution in [3.63, 3.8) is 0 Å². The second-order valence-corrected chi connectivity index (χ2v) is 7.70. The van der Waals surface area contributed by atoms with E-state index in [4.69, 9.17) is 4.42 Å². The molecular formula is C15H14N2O4S2. The first-order chi connectivity index (χ1) is 11.1. The molecule has 0 aromatic carbocycles. The van der Waals surface area contributed by atoms with Crippen molar-refractivity contribution >= 4 is 21.4 Å². The van der Waals surface area contributed by atoms with Gasteiger partial charge in [0.2, 0.25) is 10.0 Å². The number of aliphatic hydroxyl groups excluding tert-OH is 1. The first kappa shape index (κ1) is 15.9. The Labute approximate surface area is 137 Å². The second-order valence-electron chi connectivity index (χ2n) is 4.74. The summed E-state index contributed by atoms with van der Waals surface area (Å²) in [6.45, 7) is 0.146. The molecule has 3 rings (SSSR count). The van der Waals surface area contributed by atoms with Crippen LogP contribution in [-0.2, 0) is 16.6 Å². The number of pyridine rings is 1. The fraction of sp³-hybridized carbons (Fsp3) is 0.133. The van der Waals surface area contributed by atoms with Crippen LogP contribution in [0.15, 0.2) is 64.4 Å². The monoisotopic (exact) mass is 350 g/mol. The molecular weight excluding hydrogens is 336 g/mol. The summed E-state index contributed by atoms with van der Waals surface area (Å²) in [5.41, 5.74) is 0. The Morgan fingerprint density at radius 1 is 1.26 bits per heavy atom. The van der Waals surface area contributed by atoms with E-state index in [1.165, 1.54) is 36.1 Å². The number of furan rings is 1. The van der Waals surface area contributed by atoms with Crippen molar-refractivity contribution in [1.82, 2.24) is 9.71 Å². The van der Waals surface area contributed by atoms with E-state index < -0.39 is 16.1 Å². The molecule has 1 atom stereocenters. The first-order valence-corrected chi connectivity index (χ1v) is 9.06. The summed E-state index contributed by atoms with van der Waals surface area (Å²) in [5.74, 6) is 0.453. The number of hydrogen-bond donors (Lipinski definition) is 2. The van der Waals surface area contributed by atoms with Crippen LogP contribution in [-0.4, -0.2) is 18.5 Å². The molecule has 3 heterocycles. The van der Waals surface area contributed by atoms with Gasteiger partial charge >= 0.3 is 0 Å². The van der Waals surface area contributed by atoms with Gasteiger partial charge in [0.05, 0.1) is 6.26 Å². The summed E-state index contributed by atoms with van der Waals surface area (Å²) in [6.07, 6.45) is 3.46. The lowest BCUT2D eigenvalue weighted by atomic mass is 10.2. The van der Waals surface area contributed by atoms with Crippen LogP contribution in [0.25, 0.3) is 0 Å². The van der Waals surface area contributed by atoms with E-state index in [-0.39, 0.29) is 11.4 Å². The van der Waals surface area contributed by atoms with E-state index in [9.17, 15) is 13.5 Å². The first-order valence-electron chi connectivity index (χ1n) is 6.76. The van der Waals surface area contributed by atoms with Gasteiger partial charge in [-0.2, -0.15) is 0 Å². The zero-order valence-electron chi connectivity index (χ0n) is 11.9. The Bertz CT molecular complexity index is 858. The number of nitrogens with one attached hydrogen (secondary N) is 1. The van der Waals surface area contributed by atoms with Gasteiger partial charge in [-0.3, -0.25) is 4.98 Å². The van der Waals surface area contributed by atoms with Crippen LogP contribution in [0.3, 0.4) is 0 Å². The van der Waals surface area contributed by atoms with Crippen LogP contribution in [0.4, 0.5) is 0 Å². The van der Waals surface area contributed by atoms with Gasteiger partial charge in [0.15, 0.2) is 0 Å². The summed E-state index contributed by atoms with van der Waals surface area (Å²) in [7, 11) is -3.60. The van der Waals surface area contributed by atoms with E-state index in [1.54, 1.807) is 30.3 Å². The van der Waals surface area contributed by atoms with Crippen LogP contribution >= 0.6 is 11.3 Å². The van der Waals surface area contributed by atoms with E-state index in [0.29, 0.717) is 10.6 Å². The minimum absolute atomic E-state index is 0.118. The number of hydrogen-bond acceptors (Lipinski definition) is 6. The van der Waals surface area contributed by atoms with Gasteiger partial charge in [0.1, 0.15) is 16.8 Å². The maximum Gasteiger partial charge on any atom is 0.242 e. The zero-order chi connectivity index (χ0) is 16.3. The van der Waals surface area contributed by atoms with E-state index in [1.807, 2.05) is 0 Å². The average molecular weight is 350 g/mol. The molecule has 0 saturated heterocycles. The highest BCUT2D eigenvalue weighted by Gasteiger charge is 2.17. The number of aliphatic hydroxyl groups is 1. The number of thiophene rings is 1. The van der Waals surface area contributed by atoms with Gasteiger partial charge in [0.25, 0.3) is 0 Å². The van der Waals surface area contributed by atoms with Crippen LogP contribution in [0.1, 0.15) is 21.6 Å². The lowest BCUT2D eigenvalue weighted by Gasteiger charge is -2.05. The highest BCUT2D eigenvalue weighted by Crippen LogP contribution is 2.28. The maximum absolute atomic E-state index is 12.1. The molecule has 0 aliphatic carbocycles. The summed E-state index contributed by atoms with van der Waals surface area (Å²) in [4.78, 5) is 5.40. The molecule has 0 saturated carbocycles. The maximum atomic E-state index is 12.1. The summed E-state index contributed by atoms with van der Waals surface area (Å²) >= 11 is 1.32. The van der Waals surface area contributed by atoms with Gasteiger partial charge < -0.3 is 9.52 Å². The van der Waals surface area contributed by atoms with Crippen molar-refractivity contribution in [2.45, 2.75) is 17.5 Å². The summed E-state index contributed by atoms with van der Waals surface area (Å²) < 4.78 is 31.9. The number of sulfonamides is 1. The molecule has 6 nitrogen and oxygen atoms in total. The fourth-order valence-electron chi connectivity index (χ4n) is 1.98. The Morgan fingerprint density at radius 2 is 2.13 bits per heavy atom. The van der Waals surface area contributed by atoms with Gasteiger partial charge in [-0.25, -0.2) is 13.1 Å². The predicted octanol–water partition coefficient (Wildman–Crippen LogP) is 2.30. The molecule has 3 aromatic rings. The van der Waals surface area contributed by atoms with Crippen molar-refractivity contribution < 1.29 is 17.9 Å². The van der Waals surface area contributed by atoms with Gasteiger partial charge in [-0.1, -0.05) is 0 Å². The van der Waals surface area contributed by atoms with Crippen LogP contribution < -0.4 is 4.72 Å². The van der Waals surface area contributed by atoms with E-state index in [2.05, 4.69) is 9.71 Å². The third-order valence-corrected chi connectivity index (χ3v) is 5.67. The lowest BCUT2D eigenvalue weighted by molar-refractivity contribution is 0.193. The molecule has 0 aliphatic heterocycles. The molecule has 3 aromatic heterocycles. The van der Waals surface area contributed by atoms with Gasteiger partial charge in [0, 0.05) is 28.7 Å². The molecule has 0 fully saturated rings. The minimum atomic E-state index is -3.60. The molecule has 120 valence electrons. The van der Waals surface area contributed by atoms with Gasteiger partial charge in [-0.15, -0.1) is 11.3 Å². The van der Waals surface area contributed by atoms with E-state index in [0.717, 1.165) is 4.88 Å². The van der Waals surface area contributed by atoms with Crippen molar-refractivity contribution in [3.8, 4) is 0 Å². The highest BCUT2D eigenvalue weighted by molar-refractivity contribution is 7.89. The summed E-state index contributed by atoms with van der Waals surface area (Å²) in [5, 5.41) is 10.2. The number of nitrogens with zero attached hydrogens (tertiary/aromatic N) is 1. The number of rotatable bonds is 6. The molecule has 2 N–H and O–H groups in total. The normalized spacial score (nSPS) is 13.1. The Hall–Kier alpha value is -2.00. The third kappa shape index (κ3) is 3.67. The predicted molar refractivity (Wildman–Crippen MR) is 85.4 cm³/mol. The molecule has 8 heteroatoms. The lowest BCUT2D eigenvalue weighted by Crippen LogP contribution is -2.22. The van der Waals surface area contributed by atoms with Crippen LogP contribution in [0.2, 0.25) is 0 Å². The highest BCUT2D eigenvalue weighted by atomic mass is 32.2.